The highest BCUT2D eigenvalue weighted by Crippen LogP contribution is 2.14. The van der Waals surface area contributed by atoms with Crippen molar-refractivity contribution in [3.05, 3.63) is 94.0 Å². The van der Waals surface area contributed by atoms with Crippen molar-refractivity contribution in [3.8, 4) is 11.4 Å². The highest BCUT2D eigenvalue weighted by Gasteiger charge is 2.03. The van der Waals surface area contributed by atoms with Crippen LogP contribution in [-0.2, 0) is 0 Å². The van der Waals surface area contributed by atoms with Gasteiger partial charge in [-0.2, -0.15) is 5.21 Å². The third-order valence-corrected chi connectivity index (χ3v) is 5.68. The van der Waals surface area contributed by atoms with Crippen LogP contribution in [0.15, 0.2) is 83.7 Å². The Bertz CT molecular complexity index is 1510. The number of para-hydroxylation sites is 1. The molecule has 3 aromatic carbocycles. The molecule has 0 radical (unpaired) electrons. The molecule has 2 amide bonds. The molecule has 0 atom stereocenters. The standard InChI is InChI=1S/C9H10N6OS.C8H10O2.C7H5NOS/c1-10-8(16)11-6-3-2-4-7(5-6)15-9(17)12-13-14-15;9-6-7-10-8-4-2-1-3-5-8;9-7-5-3-1-2-4-6(5)10-8-7/h2-5H,1H3,(H2,10,11,16)(H,12,14,17);1-5,9H,6-7H2;1-4H,(H,8,9). The van der Waals surface area contributed by atoms with Crippen LogP contribution in [0.2, 0.25) is 0 Å². The number of anilines is 1. The number of aromatic nitrogens is 5. The van der Waals surface area contributed by atoms with Crippen LogP contribution in [0.1, 0.15) is 0 Å². The van der Waals surface area contributed by atoms with Crippen molar-refractivity contribution in [2.75, 3.05) is 25.6 Å². The van der Waals surface area contributed by atoms with Crippen LogP contribution in [0, 0.1) is 4.77 Å². The van der Waals surface area contributed by atoms with E-state index in [1.165, 1.54) is 16.2 Å². The van der Waals surface area contributed by atoms with E-state index in [2.05, 4.69) is 30.5 Å². The van der Waals surface area contributed by atoms with E-state index in [1.54, 1.807) is 25.2 Å². The molecule has 0 aliphatic carbocycles. The molecule has 5 N–H and O–H groups in total. The van der Waals surface area contributed by atoms with E-state index in [4.69, 9.17) is 22.1 Å². The molecule has 0 spiro atoms. The molecule has 2 aromatic heterocycles. The van der Waals surface area contributed by atoms with Crippen LogP contribution >= 0.6 is 23.8 Å². The van der Waals surface area contributed by atoms with Crippen molar-refractivity contribution in [1.82, 2.24) is 29.9 Å². The molecule has 0 fully saturated rings. The summed E-state index contributed by atoms with van der Waals surface area (Å²) in [6.45, 7) is 0.429. The molecule has 192 valence electrons. The van der Waals surface area contributed by atoms with Gasteiger partial charge in [-0.05, 0) is 54.7 Å². The summed E-state index contributed by atoms with van der Waals surface area (Å²) in [5.41, 5.74) is 1.41. The molecule has 5 rings (SSSR count). The lowest BCUT2D eigenvalue weighted by Gasteiger charge is -2.06. The molecule has 0 saturated heterocycles. The summed E-state index contributed by atoms with van der Waals surface area (Å²) in [7, 11) is 1.55. The third kappa shape index (κ3) is 8.38. The Morgan fingerprint density at radius 1 is 1.11 bits per heavy atom. The molecular weight excluding hydrogens is 514 g/mol. The van der Waals surface area contributed by atoms with E-state index < -0.39 is 0 Å². The predicted octanol–water partition coefficient (Wildman–Crippen LogP) is 3.72. The van der Waals surface area contributed by atoms with Gasteiger partial charge in [0.1, 0.15) is 12.4 Å². The lowest BCUT2D eigenvalue weighted by molar-refractivity contribution is 0.201. The minimum absolute atomic E-state index is 0.0144. The van der Waals surface area contributed by atoms with E-state index >= 15 is 0 Å². The second kappa shape index (κ2) is 14.3. The lowest BCUT2D eigenvalue weighted by Crippen LogP contribution is -2.24. The number of aromatic amines is 2. The number of nitrogens with one attached hydrogen (secondary N) is 4. The number of aliphatic hydroxyl groups is 1. The van der Waals surface area contributed by atoms with Gasteiger partial charge in [0.25, 0.3) is 5.56 Å². The Morgan fingerprint density at radius 3 is 2.54 bits per heavy atom. The quantitative estimate of drug-likeness (QED) is 0.214. The van der Waals surface area contributed by atoms with Gasteiger partial charge in [0.15, 0.2) is 0 Å². The summed E-state index contributed by atoms with van der Waals surface area (Å²) in [6, 6.07) is 23.8. The molecule has 13 heteroatoms. The maximum atomic E-state index is 11.2. The summed E-state index contributed by atoms with van der Waals surface area (Å²) in [6.07, 6.45) is 0. The number of carbonyl (C=O) groups is 1. The van der Waals surface area contributed by atoms with E-state index in [0.29, 0.717) is 17.1 Å². The van der Waals surface area contributed by atoms with E-state index in [1.807, 2.05) is 60.7 Å². The number of aliphatic hydroxyl groups excluding tert-OH is 1. The first-order chi connectivity index (χ1) is 18.0. The minimum atomic E-state index is -0.284. The number of fused-ring (bicyclic) bond motifs is 1. The van der Waals surface area contributed by atoms with Crippen LogP contribution < -0.4 is 20.9 Å². The molecular formula is C24H25N7O4S2. The fraction of sp³-hybridized carbons (Fsp3) is 0.125. The van der Waals surface area contributed by atoms with Gasteiger partial charge in [-0.25, -0.2) is 9.48 Å². The Balaban J connectivity index is 0.000000164. The smallest absolute Gasteiger partial charge is 0.318 e. The minimum Gasteiger partial charge on any atom is -0.491 e. The van der Waals surface area contributed by atoms with Gasteiger partial charge in [0.2, 0.25) is 4.77 Å². The zero-order valence-electron chi connectivity index (χ0n) is 19.7. The Labute approximate surface area is 220 Å². The van der Waals surface area contributed by atoms with Gasteiger partial charge in [0, 0.05) is 12.7 Å². The number of H-pyrrole nitrogens is 2. The molecule has 37 heavy (non-hydrogen) atoms. The maximum absolute atomic E-state index is 11.2. The largest absolute Gasteiger partial charge is 0.491 e. The average Bonchev–Trinajstić information content (AvgIpc) is 3.54. The van der Waals surface area contributed by atoms with Crippen LogP contribution in [0.3, 0.4) is 0 Å². The van der Waals surface area contributed by atoms with Gasteiger partial charge in [-0.1, -0.05) is 58.2 Å². The van der Waals surface area contributed by atoms with Gasteiger partial charge >= 0.3 is 6.03 Å². The molecule has 5 aromatic rings. The third-order valence-electron chi connectivity index (χ3n) is 4.55. The fourth-order valence-corrected chi connectivity index (χ4v) is 3.78. The molecule has 2 heterocycles. The van der Waals surface area contributed by atoms with E-state index in [9.17, 15) is 9.59 Å². The second-order valence-electron chi connectivity index (χ2n) is 7.09. The number of nitrogens with zero attached hydrogens (tertiary/aromatic N) is 3. The molecule has 0 saturated carbocycles. The number of urea groups is 1. The first-order valence-corrected chi connectivity index (χ1v) is 12.2. The SMILES string of the molecule is CNC(=O)Nc1cccc(-n2[nH]nnc2=S)c1.O=c1[nH]sc2ccccc12.OCCOc1ccccc1. The summed E-state index contributed by atoms with van der Waals surface area (Å²) in [4.78, 5) is 22.1. The highest BCUT2D eigenvalue weighted by atomic mass is 32.1. The number of hydrogen-bond donors (Lipinski definition) is 5. The summed E-state index contributed by atoms with van der Waals surface area (Å²) in [5.74, 6) is 0.802. The molecule has 0 aliphatic heterocycles. The fourth-order valence-electron chi connectivity index (χ4n) is 2.86. The zero-order chi connectivity index (χ0) is 26.5. The number of rotatable bonds is 5. The van der Waals surface area contributed by atoms with Crippen molar-refractivity contribution in [1.29, 1.82) is 0 Å². The van der Waals surface area contributed by atoms with Crippen LogP contribution in [0.5, 0.6) is 5.75 Å². The average molecular weight is 540 g/mol. The van der Waals surface area contributed by atoms with Crippen molar-refractivity contribution in [2.24, 2.45) is 0 Å². The maximum Gasteiger partial charge on any atom is 0.318 e. The van der Waals surface area contributed by atoms with E-state index in [0.717, 1.165) is 21.5 Å². The van der Waals surface area contributed by atoms with Gasteiger partial charge in [0.05, 0.1) is 22.4 Å². The lowest BCUT2D eigenvalue weighted by atomic mass is 10.3. The second-order valence-corrected chi connectivity index (χ2v) is 8.30. The molecule has 11 nitrogen and oxygen atoms in total. The number of amides is 2. The van der Waals surface area contributed by atoms with Crippen LogP contribution in [0.4, 0.5) is 10.5 Å². The molecule has 0 aliphatic rings. The van der Waals surface area contributed by atoms with Crippen LogP contribution in [-0.4, -0.2) is 56.0 Å². The van der Waals surface area contributed by atoms with Crippen molar-refractivity contribution < 1.29 is 14.6 Å². The zero-order valence-corrected chi connectivity index (χ0v) is 21.4. The number of benzene rings is 3. The Kier molecular flexibility index (Phi) is 10.5. The van der Waals surface area contributed by atoms with Gasteiger partial charge < -0.3 is 20.5 Å². The number of carbonyl (C=O) groups excluding carboxylic acids is 1. The number of tetrazole rings is 1. The summed E-state index contributed by atoms with van der Waals surface area (Å²) in [5, 5.41) is 24.2. The summed E-state index contributed by atoms with van der Waals surface area (Å²) >= 11 is 6.36. The van der Waals surface area contributed by atoms with Crippen molar-refractivity contribution in [2.45, 2.75) is 0 Å². The first-order valence-electron chi connectivity index (χ1n) is 11.0. The van der Waals surface area contributed by atoms with Crippen molar-refractivity contribution >= 4 is 45.6 Å². The van der Waals surface area contributed by atoms with Crippen molar-refractivity contribution in [3.63, 3.8) is 0 Å². The molecule has 0 bridgehead atoms. The normalized spacial score (nSPS) is 9.89. The molecule has 0 unspecified atom stereocenters. The predicted molar refractivity (Wildman–Crippen MR) is 146 cm³/mol. The van der Waals surface area contributed by atoms with Gasteiger partial charge in [-0.15, -0.1) is 0 Å². The number of hydrogen-bond acceptors (Lipinski definition) is 8. The van der Waals surface area contributed by atoms with Gasteiger partial charge in [-0.3, -0.25) is 9.17 Å². The Morgan fingerprint density at radius 2 is 1.86 bits per heavy atom. The monoisotopic (exact) mass is 539 g/mol. The number of ether oxygens (including phenoxy) is 1. The summed E-state index contributed by atoms with van der Waals surface area (Å²) < 4.78 is 10.6. The first kappa shape index (κ1) is 27.3. The Hall–Kier alpha value is -4.33. The topological polar surface area (TPSA) is 150 Å². The highest BCUT2D eigenvalue weighted by molar-refractivity contribution is 7.71. The van der Waals surface area contributed by atoms with Crippen LogP contribution in [0.25, 0.3) is 15.8 Å². The van der Waals surface area contributed by atoms with E-state index in [-0.39, 0.29) is 18.2 Å².